The van der Waals surface area contributed by atoms with E-state index in [1.165, 1.54) is 18.4 Å². The Morgan fingerprint density at radius 3 is 2.67 bits per heavy atom. The van der Waals surface area contributed by atoms with Crippen LogP contribution in [0.1, 0.15) is 30.0 Å². The second kappa shape index (κ2) is 2.59. The SMILES string of the molecule is N=C(N)c1ccc(C2CC2)cn1. The lowest BCUT2D eigenvalue weighted by molar-refractivity contribution is 1.08. The molecule has 2 rings (SSSR count). The Bertz CT molecular complexity index is 298. The smallest absolute Gasteiger partial charge is 0.141 e. The quantitative estimate of drug-likeness (QED) is 0.506. The Labute approximate surface area is 71.1 Å². The van der Waals surface area contributed by atoms with Gasteiger partial charge in [0, 0.05) is 6.20 Å². The average molecular weight is 161 g/mol. The lowest BCUT2D eigenvalue weighted by Gasteiger charge is -1.99. The van der Waals surface area contributed by atoms with Crippen LogP contribution in [0.3, 0.4) is 0 Å². The highest BCUT2D eigenvalue weighted by atomic mass is 14.8. The van der Waals surface area contributed by atoms with E-state index in [2.05, 4.69) is 4.98 Å². The van der Waals surface area contributed by atoms with Crippen molar-refractivity contribution < 1.29 is 0 Å². The normalized spacial score (nSPS) is 16.0. The number of aromatic nitrogens is 1. The van der Waals surface area contributed by atoms with Gasteiger partial charge in [-0.2, -0.15) is 0 Å². The van der Waals surface area contributed by atoms with Crippen LogP contribution < -0.4 is 5.73 Å². The Morgan fingerprint density at radius 1 is 1.50 bits per heavy atom. The maximum absolute atomic E-state index is 7.14. The van der Waals surface area contributed by atoms with E-state index in [1.807, 2.05) is 18.3 Å². The molecule has 1 heterocycles. The Kier molecular flexibility index (Phi) is 1.57. The molecular formula is C9H11N3. The molecule has 1 aromatic rings. The number of hydrogen-bond acceptors (Lipinski definition) is 2. The third-order valence-electron chi connectivity index (χ3n) is 2.11. The molecule has 1 aliphatic carbocycles. The molecule has 0 spiro atoms. The van der Waals surface area contributed by atoms with Gasteiger partial charge < -0.3 is 5.73 Å². The van der Waals surface area contributed by atoms with Crippen LogP contribution in [0.2, 0.25) is 0 Å². The van der Waals surface area contributed by atoms with Gasteiger partial charge in [-0.3, -0.25) is 10.4 Å². The molecule has 0 atom stereocenters. The number of pyridine rings is 1. The molecule has 0 radical (unpaired) electrons. The van der Waals surface area contributed by atoms with Crippen LogP contribution in [0.15, 0.2) is 18.3 Å². The number of nitrogens with zero attached hydrogens (tertiary/aromatic N) is 1. The van der Waals surface area contributed by atoms with Crippen molar-refractivity contribution in [2.75, 3.05) is 0 Å². The van der Waals surface area contributed by atoms with E-state index in [0.29, 0.717) is 5.69 Å². The van der Waals surface area contributed by atoms with E-state index in [4.69, 9.17) is 11.1 Å². The molecule has 3 nitrogen and oxygen atoms in total. The third kappa shape index (κ3) is 1.30. The number of nitrogens with two attached hydrogens (primary N) is 1. The van der Waals surface area contributed by atoms with Crippen molar-refractivity contribution in [1.29, 1.82) is 5.41 Å². The second-order valence-corrected chi connectivity index (χ2v) is 3.16. The first-order chi connectivity index (χ1) is 5.77. The molecule has 0 aromatic carbocycles. The Morgan fingerprint density at radius 2 is 2.25 bits per heavy atom. The number of amidine groups is 1. The van der Waals surface area contributed by atoms with Gasteiger partial charge >= 0.3 is 0 Å². The van der Waals surface area contributed by atoms with Gasteiger partial charge in [-0.1, -0.05) is 6.07 Å². The Hall–Kier alpha value is -1.38. The topological polar surface area (TPSA) is 62.8 Å². The molecule has 1 aromatic heterocycles. The molecule has 0 saturated heterocycles. The summed E-state index contributed by atoms with van der Waals surface area (Å²) in [5.41, 5.74) is 7.12. The molecule has 62 valence electrons. The average Bonchev–Trinajstić information content (AvgIpc) is 2.87. The van der Waals surface area contributed by atoms with Gasteiger partial charge in [0.25, 0.3) is 0 Å². The van der Waals surface area contributed by atoms with Crippen molar-refractivity contribution in [2.45, 2.75) is 18.8 Å². The molecule has 3 N–H and O–H groups in total. The first kappa shape index (κ1) is 7.28. The maximum Gasteiger partial charge on any atom is 0.141 e. The largest absolute Gasteiger partial charge is 0.382 e. The number of nitrogen functional groups attached to an aromatic ring is 1. The lowest BCUT2D eigenvalue weighted by atomic mass is 10.2. The van der Waals surface area contributed by atoms with Crippen molar-refractivity contribution >= 4 is 5.84 Å². The van der Waals surface area contributed by atoms with Crippen LogP contribution in [-0.2, 0) is 0 Å². The molecule has 1 fully saturated rings. The van der Waals surface area contributed by atoms with Crippen molar-refractivity contribution in [3.8, 4) is 0 Å². The van der Waals surface area contributed by atoms with Gasteiger partial charge in [-0.05, 0) is 30.4 Å². The molecule has 0 aliphatic heterocycles. The molecule has 0 bridgehead atoms. The summed E-state index contributed by atoms with van der Waals surface area (Å²) in [5.74, 6) is 0.760. The second-order valence-electron chi connectivity index (χ2n) is 3.16. The van der Waals surface area contributed by atoms with Crippen LogP contribution in [0.5, 0.6) is 0 Å². The van der Waals surface area contributed by atoms with Crippen molar-refractivity contribution in [2.24, 2.45) is 5.73 Å². The van der Waals surface area contributed by atoms with Gasteiger partial charge in [0.15, 0.2) is 0 Å². The fourth-order valence-electron chi connectivity index (χ4n) is 1.22. The zero-order valence-electron chi connectivity index (χ0n) is 6.75. The molecule has 0 amide bonds. The summed E-state index contributed by atoms with van der Waals surface area (Å²) in [6, 6.07) is 3.83. The molecule has 1 saturated carbocycles. The summed E-state index contributed by atoms with van der Waals surface area (Å²) in [6.45, 7) is 0. The van der Waals surface area contributed by atoms with Gasteiger partial charge in [-0.25, -0.2) is 0 Å². The summed E-state index contributed by atoms with van der Waals surface area (Å²) < 4.78 is 0. The maximum atomic E-state index is 7.14. The van der Waals surface area contributed by atoms with E-state index in [-0.39, 0.29) is 5.84 Å². The fraction of sp³-hybridized carbons (Fsp3) is 0.333. The molecule has 12 heavy (non-hydrogen) atoms. The van der Waals surface area contributed by atoms with Gasteiger partial charge in [0.2, 0.25) is 0 Å². The zero-order valence-corrected chi connectivity index (χ0v) is 6.75. The fourth-order valence-corrected chi connectivity index (χ4v) is 1.22. The predicted molar refractivity (Wildman–Crippen MR) is 47.2 cm³/mol. The zero-order chi connectivity index (χ0) is 8.55. The van der Waals surface area contributed by atoms with E-state index >= 15 is 0 Å². The van der Waals surface area contributed by atoms with Gasteiger partial charge in [-0.15, -0.1) is 0 Å². The van der Waals surface area contributed by atoms with E-state index in [0.717, 1.165) is 5.92 Å². The van der Waals surface area contributed by atoms with Crippen LogP contribution >= 0.6 is 0 Å². The molecule has 1 aliphatic rings. The first-order valence-corrected chi connectivity index (χ1v) is 4.08. The summed E-state index contributed by atoms with van der Waals surface area (Å²) in [6.07, 6.45) is 4.39. The molecule has 3 heteroatoms. The first-order valence-electron chi connectivity index (χ1n) is 4.08. The molecular weight excluding hydrogens is 150 g/mol. The minimum absolute atomic E-state index is 0.0392. The van der Waals surface area contributed by atoms with Crippen molar-refractivity contribution in [3.63, 3.8) is 0 Å². The van der Waals surface area contributed by atoms with Gasteiger partial charge in [0.05, 0.1) is 0 Å². The van der Waals surface area contributed by atoms with Crippen LogP contribution in [-0.4, -0.2) is 10.8 Å². The van der Waals surface area contributed by atoms with E-state index < -0.39 is 0 Å². The monoisotopic (exact) mass is 161 g/mol. The van der Waals surface area contributed by atoms with Crippen LogP contribution in [0.4, 0.5) is 0 Å². The van der Waals surface area contributed by atoms with Crippen molar-refractivity contribution in [3.05, 3.63) is 29.6 Å². The summed E-state index contributed by atoms with van der Waals surface area (Å²) in [7, 11) is 0. The van der Waals surface area contributed by atoms with Crippen LogP contribution in [0, 0.1) is 5.41 Å². The van der Waals surface area contributed by atoms with Gasteiger partial charge in [0.1, 0.15) is 11.5 Å². The van der Waals surface area contributed by atoms with Crippen molar-refractivity contribution in [1.82, 2.24) is 4.98 Å². The Balaban J connectivity index is 2.24. The highest BCUT2D eigenvalue weighted by Gasteiger charge is 2.23. The van der Waals surface area contributed by atoms with E-state index in [9.17, 15) is 0 Å². The minimum atomic E-state index is 0.0392. The highest BCUT2D eigenvalue weighted by molar-refractivity contribution is 5.92. The lowest BCUT2D eigenvalue weighted by Crippen LogP contribution is -2.12. The summed E-state index contributed by atoms with van der Waals surface area (Å²) in [5, 5.41) is 7.14. The number of hydrogen-bond donors (Lipinski definition) is 2. The number of rotatable bonds is 2. The predicted octanol–water partition coefficient (Wildman–Crippen LogP) is 1.24. The van der Waals surface area contributed by atoms with E-state index in [1.54, 1.807) is 0 Å². The van der Waals surface area contributed by atoms with Crippen LogP contribution in [0.25, 0.3) is 0 Å². The standard InChI is InChI=1S/C9H11N3/c10-9(11)8-4-3-7(5-12-8)6-1-2-6/h3-6H,1-2H2,(H3,10,11). The number of nitrogens with one attached hydrogen (secondary N) is 1. The highest BCUT2D eigenvalue weighted by Crippen LogP contribution is 2.39. The summed E-state index contributed by atoms with van der Waals surface area (Å²) >= 11 is 0. The summed E-state index contributed by atoms with van der Waals surface area (Å²) in [4.78, 5) is 4.09. The molecule has 0 unspecified atom stereocenters. The minimum Gasteiger partial charge on any atom is -0.382 e. The third-order valence-corrected chi connectivity index (χ3v) is 2.11.